The number of rotatable bonds is 6. The number of thiazole rings is 1. The Morgan fingerprint density at radius 2 is 2.36 bits per heavy atom. The van der Waals surface area contributed by atoms with Crippen LogP contribution in [0.25, 0.3) is 21.6 Å². The van der Waals surface area contributed by atoms with Crippen molar-refractivity contribution in [1.82, 2.24) is 15.0 Å². The second-order valence-electron chi connectivity index (χ2n) is 4.64. The maximum atomic E-state index is 11.3. The largest absolute Gasteiger partial charge is 0.466 e. The molecule has 0 unspecified atom stereocenters. The lowest BCUT2D eigenvalue weighted by molar-refractivity contribution is -0.142. The molecule has 0 saturated heterocycles. The molecule has 2 N–H and O–H groups in total. The summed E-state index contributed by atoms with van der Waals surface area (Å²) < 4.78 is 4.88. The van der Waals surface area contributed by atoms with Gasteiger partial charge in [0.2, 0.25) is 5.95 Å². The van der Waals surface area contributed by atoms with E-state index in [2.05, 4.69) is 20.3 Å². The van der Waals surface area contributed by atoms with Gasteiger partial charge in [0.15, 0.2) is 0 Å². The van der Waals surface area contributed by atoms with E-state index in [9.17, 15) is 4.79 Å². The van der Waals surface area contributed by atoms with E-state index in [1.54, 1.807) is 24.5 Å². The van der Waals surface area contributed by atoms with Crippen molar-refractivity contribution in [3.63, 3.8) is 0 Å². The average Bonchev–Trinajstić information content (AvgIpc) is 3.16. The van der Waals surface area contributed by atoms with Gasteiger partial charge in [0.05, 0.1) is 24.1 Å². The molecule has 6 nitrogen and oxygen atoms in total. The van der Waals surface area contributed by atoms with Crippen molar-refractivity contribution in [3.8, 4) is 10.6 Å². The Morgan fingerprint density at radius 1 is 1.45 bits per heavy atom. The monoisotopic (exact) mass is 316 g/mol. The smallest absolute Gasteiger partial charge is 0.307 e. The van der Waals surface area contributed by atoms with Crippen molar-refractivity contribution in [3.05, 3.63) is 29.8 Å². The Hall–Kier alpha value is -2.41. The SMILES string of the molecule is CCOC(=O)CCNc1nc2ccc(-c3nccs3)cc2[nH]1. The summed E-state index contributed by atoms with van der Waals surface area (Å²) in [4.78, 5) is 23.2. The molecule has 0 aliphatic heterocycles. The number of nitrogens with one attached hydrogen (secondary N) is 2. The van der Waals surface area contributed by atoms with Gasteiger partial charge in [-0.1, -0.05) is 0 Å². The number of hydrogen-bond acceptors (Lipinski definition) is 6. The quantitative estimate of drug-likeness (QED) is 0.683. The number of nitrogens with zero attached hydrogens (tertiary/aromatic N) is 2. The van der Waals surface area contributed by atoms with Crippen molar-refractivity contribution in [1.29, 1.82) is 0 Å². The summed E-state index contributed by atoms with van der Waals surface area (Å²) >= 11 is 1.60. The van der Waals surface area contributed by atoms with Gasteiger partial charge < -0.3 is 15.0 Å². The van der Waals surface area contributed by atoms with Crippen LogP contribution in [0.5, 0.6) is 0 Å². The number of imidazole rings is 1. The lowest BCUT2D eigenvalue weighted by Gasteiger charge is -2.02. The molecule has 114 valence electrons. The second kappa shape index (κ2) is 6.57. The molecule has 0 saturated carbocycles. The normalized spacial score (nSPS) is 10.8. The molecule has 1 aromatic carbocycles. The van der Waals surface area contributed by atoms with Crippen LogP contribution in [-0.2, 0) is 9.53 Å². The van der Waals surface area contributed by atoms with Crippen molar-refractivity contribution >= 4 is 34.3 Å². The van der Waals surface area contributed by atoms with Gasteiger partial charge in [-0.25, -0.2) is 9.97 Å². The predicted molar refractivity (Wildman–Crippen MR) is 86.9 cm³/mol. The Morgan fingerprint density at radius 3 is 3.14 bits per heavy atom. The topological polar surface area (TPSA) is 79.9 Å². The lowest BCUT2D eigenvalue weighted by atomic mass is 10.2. The Kier molecular flexibility index (Phi) is 4.34. The molecule has 3 rings (SSSR count). The Labute approximate surface area is 131 Å². The third kappa shape index (κ3) is 3.25. The molecule has 2 aromatic heterocycles. The minimum Gasteiger partial charge on any atom is -0.466 e. The highest BCUT2D eigenvalue weighted by Gasteiger charge is 2.07. The molecule has 3 aromatic rings. The second-order valence-corrected chi connectivity index (χ2v) is 5.53. The molecule has 0 amide bonds. The first-order valence-electron chi connectivity index (χ1n) is 7.05. The van der Waals surface area contributed by atoms with Crippen molar-refractivity contribution in [2.45, 2.75) is 13.3 Å². The number of fused-ring (bicyclic) bond motifs is 1. The number of benzene rings is 1. The van der Waals surface area contributed by atoms with Gasteiger partial charge >= 0.3 is 5.97 Å². The summed E-state index contributed by atoms with van der Waals surface area (Å²) in [6.45, 7) is 2.69. The fourth-order valence-corrected chi connectivity index (χ4v) is 2.74. The number of esters is 1. The number of carbonyl (C=O) groups excluding carboxylic acids is 1. The van der Waals surface area contributed by atoms with Crippen LogP contribution >= 0.6 is 11.3 Å². The number of ether oxygens (including phenoxy) is 1. The number of aromatic nitrogens is 3. The van der Waals surface area contributed by atoms with Gasteiger partial charge in [0.25, 0.3) is 0 Å². The van der Waals surface area contributed by atoms with E-state index in [0.29, 0.717) is 25.5 Å². The molecule has 0 spiro atoms. The van der Waals surface area contributed by atoms with Crippen molar-refractivity contribution in [2.75, 3.05) is 18.5 Å². The number of H-pyrrole nitrogens is 1. The fraction of sp³-hybridized carbons (Fsp3) is 0.267. The zero-order valence-corrected chi connectivity index (χ0v) is 12.9. The minimum absolute atomic E-state index is 0.211. The summed E-state index contributed by atoms with van der Waals surface area (Å²) in [5.41, 5.74) is 2.87. The van der Waals surface area contributed by atoms with Crippen LogP contribution in [-0.4, -0.2) is 34.1 Å². The molecule has 0 atom stereocenters. The van der Waals surface area contributed by atoms with Gasteiger partial charge in [-0.15, -0.1) is 11.3 Å². The molecule has 0 aliphatic carbocycles. The van der Waals surface area contributed by atoms with Crippen LogP contribution < -0.4 is 5.32 Å². The molecule has 0 bridgehead atoms. The first kappa shape index (κ1) is 14.5. The Balaban J connectivity index is 1.69. The molecule has 7 heteroatoms. The number of aromatic amines is 1. The van der Waals surface area contributed by atoms with E-state index in [1.807, 2.05) is 23.6 Å². The van der Waals surface area contributed by atoms with Crippen molar-refractivity contribution < 1.29 is 9.53 Å². The summed E-state index contributed by atoms with van der Waals surface area (Å²) in [5.74, 6) is 0.438. The highest BCUT2D eigenvalue weighted by atomic mass is 32.1. The van der Waals surface area contributed by atoms with E-state index in [-0.39, 0.29) is 5.97 Å². The summed E-state index contributed by atoms with van der Waals surface area (Å²) in [7, 11) is 0. The van der Waals surface area contributed by atoms with Crippen LogP contribution in [0.1, 0.15) is 13.3 Å². The van der Waals surface area contributed by atoms with Gasteiger partial charge in [0, 0.05) is 23.7 Å². The molecule has 2 heterocycles. The molecular weight excluding hydrogens is 300 g/mol. The van der Waals surface area contributed by atoms with Crippen LogP contribution in [0, 0.1) is 0 Å². The lowest BCUT2D eigenvalue weighted by Crippen LogP contribution is -2.11. The minimum atomic E-state index is -0.211. The third-order valence-corrected chi connectivity index (χ3v) is 3.91. The Bertz CT molecular complexity index is 767. The highest BCUT2D eigenvalue weighted by molar-refractivity contribution is 7.13. The first-order valence-corrected chi connectivity index (χ1v) is 7.93. The predicted octanol–water partition coefficient (Wildman–Crippen LogP) is 3.05. The molecule has 0 fully saturated rings. The third-order valence-electron chi connectivity index (χ3n) is 3.09. The highest BCUT2D eigenvalue weighted by Crippen LogP contribution is 2.25. The molecular formula is C15H16N4O2S. The fourth-order valence-electron chi connectivity index (χ4n) is 2.11. The van der Waals surface area contributed by atoms with Gasteiger partial charge in [-0.05, 0) is 25.1 Å². The van der Waals surface area contributed by atoms with Gasteiger partial charge in [-0.3, -0.25) is 4.79 Å². The maximum Gasteiger partial charge on any atom is 0.307 e. The standard InChI is InChI=1S/C15H16N4O2S/c1-2-21-13(20)5-6-17-15-18-11-4-3-10(9-12(11)19-15)14-16-7-8-22-14/h3-4,7-9H,2,5-6H2,1H3,(H2,17,18,19). The van der Waals surface area contributed by atoms with Crippen LogP contribution in [0.4, 0.5) is 5.95 Å². The first-order chi connectivity index (χ1) is 10.8. The van der Waals surface area contributed by atoms with E-state index < -0.39 is 0 Å². The molecule has 22 heavy (non-hydrogen) atoms. The van der Waals surface area contributed by atoms with Crippen LogP contribution in [0.2, 0.25) is 0 Å². The van der Waals surface area contributed by atoms with E-state index in [1.165, 1.54) is 0 Å². The van der Waals surface area contributed by atoms with Crippen molar-refractivity contribution in [2.24, 2.45) is 0 Å². The molecule has 0 radical (unpaired) electrons. The van der Waals surface area contributed by atoms with Gasteiger partial charge in [0.1, 0.15) is 5.01 Å². The van der Waals surface area contributed by atoms with E-state index in [0.717, 1.165) is 21.6 Å². The van der Waals surface area contributed by atoms with E-state index in [4.69, 9.17) is 4.74 Å². The number of hydrogen-bond donors (Lipinski definition) is 2. The summed E-state index contributed by atoms with van der Waals surface area (Å²) in [6, 6.07) is 5.99. The number of anilines is 1. The van der Waals surface area contributed by atoms with E-state index >= 15 is 0 Å². The zero-order chi connectivity index (χ0) is 15.4. The maximum absolute atomic E-state index is 11.3. The zero-order valence-electron chi connectivity index (χ0n) is 12.1. The van der Waals surface area contributed by atoms with Crippen LogP contribution in [0.3, 0.4) is 0 Å². The summed E-state index contributed by atoms with van der Waals surface area (Å²) in [5, 5.41) is 6.03. The van der Waals surface area contributed by atoms with Gasteiger partial charge in [-0.2, -0.15) is 0 Å². The number of carbonyl (C=O) groups is 1. The summed E-state index contributed by atoms with van der Waals surface area (Å²) in [6.07, 6.45) is 2.11. The van der Waals surface area contributed by atoms with Crippen LogP contribution in [0.15, 0.2) is 29.8 Å². The molecule has 0 aliphatic rings. The average molecular weight is 316 g/mol.